The highest BCUT2D eigenvalue weighted by Crippen LogP contribution is 2.36. The van der Waals surface area contributed by atoms with Gasteiger partial charge < -0.3 is 5.73 Å². The van der Waals surface area contributed by atoms with Crippen LogP contribution in [-0.2, 0) is 0 Å². The summed E-state index contributed by atoms with van der Waals surface area (Å²) in [7, 11) is 0. The quantitative estimate of drug-likeness (QED) is 0.870. The Hall–Kier alpha value is -0.540. The van der Waals surface area contributed by atoms with Crippen molar-refractivity contribution >= 4 is 11.8 Å². The van der Waals surface area contributed by atoms with E-state index in [1.165, 1.54) is 37.0 Å². The van der Waals surface area contributed by atoms with E-state index in [0.29, 0.717) is 5.25 Å². The van der Waals surface area contributed by atoms with E-state index in [0.717, 1.165) is 5.92 Å². The first-order valence-corrected chi connectivity index (χ1v) is 7.59. The Morgan fingerprint density at radius 1 is 1.35 bits per heavy atom. The van der Waals surface area contributed by atoms with E-state index in [1.54, 1.807) is 0 Å². The van der Waals surface area contributed by atoms with E-state index < -0.39 is 0 Å². The van der Waals surface area contributed by atoms with Gasteiger partial charge in [-0.3, -0.25) is 4.98 Å². The van der Waals surface area contributed by atoms with Crippen LogP contribution in [0.5, 0.6) is 0 Å². The van der Waals surface area contributed by atoms with E-state index in [-0.39, 0.29) is 6.04 Å². The number of hydrogen-bond acceptors (Lipinski definition) is 3. The first kappa shape index (κ1) is 12.9. The van der Waals surface area contributed by atoms with Gasteiger partial charge in [-0.05, 0) is 49.1 Å². The molecule has 1 aliphatic rings. The van der Waals surface area contributed by atoms with Gasteiger partial charge in [0.25, 0.3) is 0 Å². The van der Waals surface area contributed by atoms with Crippen LogP contribution in [0, 0.1) is 5.92 Å². The van der Waals surface area contributed by atoms with Gasteiger partial charge in [0.05, 0.1) is 0 Å². The summed E-state index contributed by atoms with van der Waals surface area (Å²) in [5.74, 6) is 2.18. The second kappa shape index (κ2) is 6.41. The molecule has 3 heteroatoms. The third kappa shape index (κ3) is 3.71. The first-order chi connectivity index (χ1) is 8.27. The summed E-state index contributed by atoms with van der Waals surface area (Å²) in [6.07, 6.45) is 9.39. The van der Waals surface area contributed by atoms with Crippen molar-refractivity contribution in [2.24, 2.45) is 11.7 Å². The van der Waals surface area contributed by atoms with E-state index in [4.69, 9.17) is 5.73 Å². The monoisotopic (exact) mass is 250 g/mol. The summed E-state index contributed by atoms with van der Waals surface area (Å²) in [5, 5.41) is 0.415. The maximum Gasteiger partial charge on any atom is 0.0446 e. The molecule has 2 N–H and O–H groups in total. The first-order valence-electron chi connectivity index (χ1n) is 6.54. The Labute approximate surface area is 108 Å². The summed E-state index contributed by atoms with van der Waals surface area (Å²) in [4.78, 5) is 4.07. The highest BCUT2D eigenvalue weighted by molar-refractivity contribution is 7.99. The lowest BCUT2D eigenvalue weighted by atomic mass is 10.1. The molecular weight excluding hydrogens is 228 g/mol. The maximum absolute atomic E-state index is 6.11. The molecule has 1 saturated carbocycles. The van der Waals surface area contributed by atoms with Gasteiger partial charge >= 0.3 is 0 Å². The average Bonchev–Trinajstić information content (AvgIpc) is 2.83. The molecule has 94 valence electrons. The molecule has 0 saturated heterocycles. The third-order valence-electron chi connectivity index (χ3n) is 3.50. The van der Waals surface area contributed by atoms with Crippen LogP contribution in [0.1, 0.15) is 43.4 Å². The normalized spacial score (nSPS) is 20.4. The lowest BCUT2D eigenvalue weighted by Crippen LogP contribution is -2.23. The fourth-order valence-electron chi connectivity index (χ4n) is 2.52. The molecule has 1 aromatic heterocycles. The molecule has 2 rings (SSSR count). The highest BCUT2D eigenvalue weighted by Gasteiger charge is 2.21. The minimum absolute atomic E-state index is 0.198. The van der Waals surface area contributed by atoms with Crippen LogP contribution in [0.15, 0.2) is 24.5 Å². The standard InChI is InChI=1S/C14H22N2S/c1-11(15)14(13-6-8-16-9-7-13)17-10-12-4-2-3-5-12/h6-9,11-12,14H,2-5,10,15H2,1H3. The van der Waals surface area contributed by atoms with E-state index in [1.807, 2.05) is 24.2 Å². The summed E-state index contributed by atoms with van der Waals surface area (Å²) in [6.45, 7) is 2.10. The molecule has 0 aliphatic heterocycles. The van der Waals surface area contributed by atoms with Crippen molar-refractivity contribution < 1.29 is 0 Å². The molecule has 1 fully saturated rings. The van der Waals surface area contributed by atoms with Crippen molar-refractivity contribution in [3.8, 4) is 0 Å². The minimum Gasteiger partial charge on any atom is -0.327 e. The van der Waals surface area contributed by atoms with Gasteiger partial charge in [-0.2, -0.15) is 11.8 Å². The average molecular weight is 250 g/mol. The van der Waals surface area contributed by atoms with Crippen LogP contribution in [0.25, 0.3) is 0 Å². The molecule has 1 aliphatic carbocycles. The number of rotatable bonds is 5. The van der Waals surface area contributed by atoms with Crippen LogP contribution < -0.4 is 5.73 Å². The zero-order valence-corrected chi connectivity index (χ0v) is 11.3. The largest absolute Gasteiger partial charge is 0.327 e. The fraction of sp³-hybridized carbons (Fsp3) is 0.643. The Morgan fingerprint density at radius 2 is 2.00 bits per heavy atom. The van der Waals surface area contributed by atoms with Gasteiger partial charge in [0.1, 0.15) is 0 Å². The molecule has 1 aromatic rings. The SMILES string of the molecule is CC(N)C(SCC1CCCC1)c1ccncc1. The molecular formula is C14H22N2S. The predicted octanol–water partition coefficient (Wildman–Crippen LogP) is 3.39. The van der Waals surface area contributed by atoms with Gasteiger partial charge in [-0.1, -0.05) is 12.8 Å². The second-order valence-corrected chi connectivity index (χ2v) is 6.22. The number of nitrogens with zero attached hydrogens (tertiary/aromatic N) is 1. The molecule has 0 amide bonds. The molecule has 2 atom stereocenters. The summed E-state index contributed by atoms with van der Waals surface area (Å²) in [5.41, 5.74) is 7.43. The van der Waals surface area contributed by atoms with Crippen molar-refractivity contribution in [1.29, 1.82) is 0 Å². The zero-order chi connectivity index (χ0) is 12.1. The van der Waals surface area contributed by atoms with Crippen molar-refractivity contribution in [3.05, 3.63) is 30.1 Å². The van der Waals surface area contributed by atoms with Crippen molar-refractivity contribution in [2.45, 2.75) is 43.9 Å². The topological polar surface area (TPSA) is 38.9 Å². The van der Waals surface area contributed by atoms with E-state index in [2.05, 4.69) is 24.0 Å². The lowest BCUT2D eigenvalue weighted by Gasteiger charge is -2.22. The molecule has 0 spiro atoms. The number of thioether (sulfide) groups is 1. The third-order valence-corrected chi connectivity index (χ3v) is 5.22. The Bertz CT molecular complexity index is 320. The van der Waals surface area contributed by atoms with Gasteiger partial charge in [0.15, 0.2) is 0 Å². The van der Waals surface area contributed by atoms with Crippen molar-refractivity contribution in [3.63, 3.8) is 0 Å². The smallest absolute Gasteiger partial charge is 0.0446 e. The number of hydrogen-bond donors (Lipinski definition) is 1. The van der Waals surface area contributed by atoms with Gasteiger partial charge in [0, 0.05) is 23.7 Å². The molecule has 0 radical (unpaired) electrons. The van der Waals surface area contributed by atoms with Crippen LogP contribution in [0.3, 0.4) is 0 Å². The zero-order valence-electron chi connectivity index (χ0n) is 10.5. The summed E-state index contributed by atoms with van der Waals surface area (Å²) in [6, 6.07) is 4.38. The predicted molar refractivity (Wildman–Crippen MR) is 75.0 cm³/mol. The van der Waals surface area contributed by atoms with Gasteiger partial charge in [-0.15, -0.1) is 0 Å². The molecule has 0 bridgehead atoms. The lowest BCUT2D eigenvalue weighted by molar-refractivity contribution is 0.618. The maximum atomic E-state index is 6.11. The van der Waals surface area contributed by atoms with Crippen molar-refractivity contribution in [2.75, 3.05) is 5.75 Å². The van der Waals surface area contributed by atoms with Crippen molar-refractivity contribution in [1.82, 2.24) is 4.98 Å². The molecule has 2 unspecified atom stereocenters. The molecule has 17 heavy (non-hydrogen) atoms. The minimum atomic E-state index is 0.198. The number of aromatic nitrogens is 1. The van der Waals surface area contributed by atoms with Crippen LogP contribution in [0.2, 0.25) is 0 Å². The summed E-state index contributed by atoms with van der Waals surface area (Å²) < 4.78 is 0. The fourth-order valence-corrected chi connectivity index (χ4v) is 3.99. The second-order valence-electron chi connectivity index (χ2n) is 5.04. The van der Waals surface area contributed by atoms with Gasteiger partial charge in [0.2, 0.25) is 0 Å². The Kier molecular flexibility index (Phi) is 4.86. The van der Waals surface area contributed by atoms with Crippen LogP contribution in [0.4, 0.5) is 0 Å². The number of pyridine rings is 1. The number of nitrogens with two attached hydrogens (primary N) is 1. The highest BCUT2D eigenvalue weighted by atomic mass is 32.2. The molecule has 0 aromatic carbocycles. The van der Waals surface area contributed by atoms with E-state index in [9.17, 15) is 0 Å². The molecule has 2 nitrogen and oxygen atoms in total. The summed E-state index contributed by atoms with van der Waals surface area (Å²) >= 11 is 2.03. The van der Waals surface area contributed by atoms with Crippen LogP contribution in [-0.4, -0.2) is 16.8 Å². The van der Waals surface area contributed by atoms with Crippen LogP contribution >= 0.6 is 11.8 Å². The molecule has 1 heterocycles. The van der Waals surface area contributed by atoms with Gasteiger partial charge in [-0.25, -0.2) is 0 Å². The van der Waals surface area contributed by atoms with E-state index >= 15 is 0 Å². The Balaban J connectivity index is 1.93. The Morgan fingerprint density at radius 3 is 2.59 bits per heavy atom.